The second-order valence-electron chi connectivity index (χ2n) is 5.51. The lowest BCUT2D eigenvalue weighted by Crippen LogP contribution is -2.40. The molecule has 0 unspecified atom stereocenters. The zero-order valence-corrected chi connectivity index (χ0v) is 13.4. The minimum absolute atomic E-state index is 0.585. The molecule has 110 valence electrons. The molecular formula is C16H24N2OS. The first-order chi connectivity index (χ1) is 9.61. The molecule has 4 heteroatoms. The highest BCUT2D eigenvalue weighted by Gasteiger charge is 2.20. The molecule has 1 aromatic rings. The van der Waals surface area contributed by atoms with Gasteiger partial charge in [0.15, 0.2) is 5.11 Å². The molecule has 0 atom stereocenters. The molecule has 1 saturated carbocycles. The van der Waals surface area contributed by atoms with E-state index in [-0.39, 0.29) is 0 Å². The number of nitrogens with one attached hydrogen (secondary N) is 1. The van der Waals surface area contributed by atoms with Crippen molar-refractivity contribution in [2.75, 3.05) is 19.5 Å². The molecule has 1 N–H and O–H groups in total. The normalized spacial score (nSPS) is 15.8. The Hall–Kier alpha value is -1.29. The number of benzene rings is 1. The zero-order valence-electron chi connectivity index (χ0n) is 12.6. The molecule has 0 saturated heterocycles. The van der Waals surface area contributed by atoms with Crippen molar-refractivity contribution in [3.63, 3.8) is 0 Å². The quantitative estimate of drug-likeness (QED) is 0.852. The fourth-order valence-corrected chi connectivity index (χ4v) is 3.00. The molecule has 0 radical (unpaired) electrons. The predicted molar refractivity (Wildman–Crippen MR) is 88.6 cm³/mol. The predicted octanol–water partition coefficient (Wildman–Crippen LogP) is 3.96. The van der Waals surface area contributed by atoms with E-state index in [9.17, 15) is 0 Å². The van der Waals surface area contributed by atoms with Crippen molar-refractivity contribution in [1.82, 2.24) is 4.90 Å². The van der Waals surface area contributed by atoms with E-state index in [0.29, 0.717) is 6.04 Å². The zero-order chi connectivity index (χ0) is 14.5. The third-order valence-corrected chi connectivity index (χ3v) is 4.51. The highest BCUT2D eigenvalue weighted by atomic mass is 32.1. The number of thiocarbonyl (C=S) groups is 1. The number of rotatable bonds is 3. The van der Waals surface area contributed by atoms with Gasteiger partial charge >= 0.3 is 0 Å². The van der Waals surface area contributed by atoms with Gasteiger partial charge in [0.2, 0.25) is 0 Å². The van der Waals surface area contributed by atoms with E-state index < -0.39 is 0 Å². The van der Waals surface area contributed by atoms with Crippen LogP contribution in [-0.4, -0.2) is 30.2 Å². The minimum atomic E-state index is 0.585. The largest absolute Gasteiger partial charge is 0.497 e. The van der Waals surface area contributed by atoms with Crippen LogP contribution < -0.4 is 10.1 Å². The highest BCUT2D eigenvalue weighted by Crippen LogP contribution is 2.24. The van der Waals surface area contributed by atoms with Crippen molar-refractivity contribution in [1.29, 1.82) is 0 Å². The van der Waals surface area contributed by atoms with Crippen LogP contribution in [0.25, 0.3) is 0 Å². The van der Waals surface area contributed by atoms with Gasteiger partial charge in [-0.3, -0.25) is 0 Å². The van der Waals surface area contributed by atoms with Crippen LogP contribution >= 0.6 is 12.2 Å². The van der Waals surface area contributed by atoms with Crippen LogP contribution in [-0.2, 0) is 0 Å². The van der Waals surface area contributed by atoms with Gasteiger partial charge in [-0.05, 0) is 55.7 Å². The number of hydrogen-bond acceptors (Lipinski definition) is 2. The van der Waals surface area contributed by atoms with Crippen molar-refractivity contribution in [2.24, 2.45) is 0 Å². The summed E-state index contributed by atoms with van der Waals surface area (Å²) >= 11 is 5.54. The second kappa shape index (κ2) is 6.93. The van der Waals surface area contributed by atoms with Crippen LogP contribution in [0.2, 0.25) is 0 Å². The molecule has 1 aromatic carbocycles. The summed E-state index contributed by atoms with van der Waals surface area (Å²) in [5.41, 5.74) is 2.20. The first-order valence-electron chi connectivity index (χ1n) is 7.30. The fraction of sp³-hybridized carbons (Fsp3) is 0.562. The Kier molecular flexibility index (Phi) is 5.24. The van der Waals surface area contributed by atoms with Crippen molar-refractivity contribution in [3.05, 3.63) is 23.8 Å². The Morgan fingerprint density at radius 1 is 1.30 bits per heavy atom. The molecule has 2 rings (SSSR count). The summed E-state index contributed by atoms with van der Waals surface area (Å²) in [6.07, 6.45) is 6.50. The Labute approximate surface area is 127 Å². The summed E-state index contributed by atoms with van der Waals surface area (Å²) in [6, 6.07) is 6.58. The maximum Gasteiger partial charge on any atom is 0.173 e. The third-order valence-electron chi connectivity index (χ3n) is 4.12. The summed E-state index contributed by atoms with van der Waals surface area (Å²) in [5.74, 6) is 0.875. The van der Waals surface area contributed by atoms with Gasteiger partial charge in [0.25, 0.3) is 0 Å². The number of aryl methyl sites for hydroxylation is 1. The van der Waals surface area contributed by atoms with Crippen molar-refractivity contribution < 1.29 is 4.74 Å². The van der Waals surface area contributed by atoms with Crippen LogP contribution in [0.1, 0.15) is 37.7 Å². The molecule has 1 fully saturated rings. The molecule has 1 aliphatic rings. The topological polar surface area (TPSA) is 24.5 Å². The van der Waals surface area contributed by atoms with Gasteiger partial charge in [-0.15, -0.1) is 0 Å². The fourth-order valence-electron chi connectivity index (χ4n) is 2.74. The molecule has 0 heterocycles. The average Bonchev–Trinajstić information content (AvgIpc) is 2.49. The molecule has 3 nitrogen and oxygen atoms in total. The first kappa shape index (κ1) is 15.1. The van der Waals surface area contributed by atoms with Crippen molar-refractivity contribution in [2.45, 2.75) is 45.1 Å². The molecule has 0 amide bonds. The van der Waals surface area contributed by atoms with E-state index in [2.05, 4.69) is 24.2 Å². The van der Waals surface area contributed by atoms with Crippen LogP contribution in [0.15, 0.2) is 18.2 Å². The number of anilines is 1. The summed E-state index contributed by atoms with van der Waals surface area (Å²) in [6.45, 7) is 2.06. The minimum Gasteiger partial charge on any atom is -0.497 e. The van der Waals surface area contributed by atoms with E-state index in [1.54, 1.807) is 7.11 Å². The smallest absolute Gasteiger partial charge is 0.173 e. The van der Waals surface area contributed by atoms with Gasteiger partial charge in [-0.2, -0.15) is 0 Å². The number of methoxy groups -OCH3 is 1. The van der Waals surface area contributed by atoms with Crippen LogP contribution in [0.3, 0.4) is 0 Å². The molecule has 1 aliphatic carbocycles. The molecular weight excluding hydrogens is 268 g/mol. The SMILES string of the molecule is COc1ccc(NC(=S)N(C)C2CCCCC2)c(C)c1. The second-order valence-corrected chi connectivity index (χ2v) is 5.90. The lowest BCUT2D eigenvalue weighted by Gasteiger charge is -2.33. The van der Waals surface area contributed by atoms with Gasteiger partial charge in [-0.1, -0.05) is 19.3 Å². The molecule has 0 aromatic heterocycles. The van der Waals surface area contributed by atoms with Gasteiger partial charge in [0.05, 0.1) is 7.11 Å². The summed E-state index contributed by atoms with van der Waals surface area (Å²) in [5, 5.41) is 4.17. The van der Waals surface area contributed by atoms with Crippen molar-refractivity contribution in [3.8, 4) is 5.75 Å². The van der Waals surface area contributed by atoms with Crippen LogP contribution in [0.4, 0.5) is 5.69 Å². The van der Waals surface area contributed by atoms with Crippen LogP contribution in [0, 0.1) is 6.92 Å². The van der Waals surface area contributed by atoms with Gasteiger partial charge in [-0.25, -0.2) is 0 Å². The van der Waals surface area contributed by atoms with E-state index in [1.807, 2.05) is 18.2 Å². The van der Waals surface area contributed by atoms with E-state index in [1.165, 1.54) is 32.1 Å². The highest BCUT2D eigenvalue weighted by molar-refractivity contribution is 7.80. The molecule has 0 aliphatic heterocycles. The van der Waals surface area contributed by atoms with Gasteiger partial charge < -0.3 is 15.0 Å². The third kappa shape index (κ3) is 3.63. The lowest BCUT2D eigenvalue weighted by atomic mass is 9.95. The summed E-state index contributed by atoms with van der Waals surface area (Å²) in [4.78, 5) is 2.22. The Morgan fingerprint density at radius 3 is 2.60 bits per heavy atom. The number of nitrogens with zero attached hydrogens (tertiary/aromatic N) is 1. The van der Waals surface area contributed by atoms with Gasteiger partial charge in [0.1, 0.15) is 5.75 Å². The maximum absolute atomic E-state index is 5.54. The molecule has 0 bridgehead atoms. The van der Waals surface area contributed by atoms with E-state index >= 15 is 0 Å². The summed E-state index contributed by atoms with van der Waals surface area (Å²) < 4.78 is 5.23. The monoisotopic (exact) mass is 292 g/mol. The standard InChI is InChI=1S/C16H24N2OS/c1-12-11-14(19-3)9-10-15(12)17-16(20)18(2)13-7-5-4-6-8-13/h9-11,13H,4-8H2,1-3H3,(H,17,20). The van der Waals surface area contributed by atoms with Crippen molar-refractivity contribution >= 4 is 23.0 Å². The first-order valence-corrected chi connectivity index (χ1v) is 7.71. The Morgan fingerprint density at radius 2 is 2.00 bits per heavy atom. The number of ether oxygens (including phenoxy) is 1. The Bertz CT molecular complexity index is 470. The van der Waals surface area contributed by atoms with E-state index in [0.717, 1.165) is 22.1 Å². The van der Waals surface area contributed by atoms with Crippen LogP contribution in [0.5, 0.6) is 5.75 Å². The molecule has 20 heavy (non-hydrogen) atoms. The maximum atomic E-state index is 5.54. The summed E-state index contributed by atoms with van der Waals surface area (Å²) in [7, 11) is 3.79. The van der Waals surface area contributed by atoms with E-state index in [4.69, 9.17) is 17.0 Å². The average molecular weight is 292 g/mol. The lowest BCUT2D eigenvalue weighted by molar-refractivity contribution is 0.281. The number of hydrogen-bond donors (Lipinski definition) is 1. The van der Waals surface area contributed by atoms with Gasteiger partial charge in [0, 0.05) is 18.8 Å². The Balaban J connectivity index is 1.99. The molecule has 0 spiro atoms.